The molecule has 0 aliphatic rings. The highest BCUT2D eigenvalue weighted by Crippen LogP contribution is 2.00. The van der Waals surface area contributed by atoms with Gasteiger partial charge in [0.15, 0.2) is 0 Å². The Morgan fingerprint density at radius 2 is 2.33 bits per heavy atom. The monoisotopic (exact) mass is 249 g/mol. The highest BCUT2D eigenvalue weighted by Gasteiger charge is 2.22. The maximum absolute atomic E-state index is 11.7. The number of hydrogen-bond acceptors (Lipinski definition) is 4. The minimum Gasteiger partial charge on any atom is -0.480 e. The number of rotatable bonds is 5. The maximum Gasteiger partial charge on any atom is 0.326 e. The van der Waals surface area contributed by atoms with Crippen molar-refractivity contribution in [3.8, 4) is 0 Å². The van der Waals surface area contributed by atoms with E-state index in [1.54, 1.807) is 0 Å². The molecule has 1 amide bonds. The summed E-state index contributed by atoms with van der Waals surface area (Å²) in [6.07, 6.45) is 4.51. The Labute approximate surface area is 101 Å². The predicted octanol–water partition coefficient (Wildman–Crippen LogP) is -0.442. The second-order valence-electron chi connectivity index (χ2n) is 3.62. The lowest BCUT2D eigenvalue weighted by atomic mass is 10.1. The van der Waals surface area contributed by atoms with Gasteiger partial charge in [-0.1, -0.05) is 0 Å². The summed E-state index contributed by atoms with van der Waals surface area (Å²) in [5.74, 6) is -1.63. The van der Waals surface area contributed by atoms with E-state index in [0.717, 1.165) is 0 Å². The summed E-state index contributed by atoms with van der Waals surface area (Å²) in [5, 5.41) is 17.5. The molecule has 4 N–H and O–H groups in total. The number of carbonyl (C=O) groups is 2. The van der Waals surface area contributed by atoms with Crippen molar-refractivity contribution < 1.29 is 14.7 Å². The number of aliphatic carboxylic acids is 1. The van der Waals surface area contributed by atoms with Gasteiger partial charge in [-0.2, -0.15) is 5.10 Å². The number of H-pyrrole nitrogens is 2. The van der Waals surface area contributed by atoms with Gasteiger partial charge in [-0.15, -0.1) is 0 Å². The third-order valence-corrected chi connectivity index (χ3v) is 2.33. The minimum absolute atomic E-state index is 0.134. The van der Waals surface area contributed by atoms with Gasteiger partial charge in [-0.25, -0.2) is 9.78 Å². The Hall–Kier alpha value is -2.64. The van der Waals surface area contributed by atoms with Crippen LogP contribution in [0.2, 0.25) is 0 Å². The van der Waals surface area contributed by atoms with Gasteiger partial charge in [0.25, 0.3) is 5.91 Å². The molecule has 18 heavy (non-hydrogen) atoms. The predicted molar refractivity (Wildman–Crippen MR) is 59.8 cm³/mol. The van der Waals surface area contributed by atoms with Gasteiger partial charge >= 0.3 is 5.97 Å². The van der Waals surface area contributed by atoms with Gasteiger partial charge in [-0.05, 0) is 6.07 Å². The second kappa shape index (κ2) is 5.13. The fourth-order valence-corrected chi connectivity index (χ4v) is 1.43. The molecule has 2 aromatic heterocycles. The molecule has 2 rings (SSSR count). The SMILES string of the molecule is O=C(N[C@H](Cc1cnc[nH]1)C(=O)O)c1ccn[nH]1. The molecular formula is C10H11N5O3. The van der Waals surface area contributed by atoms with Crippen LogP contribution in [0.4, 0.5) is 0 Å². The number of imidazole rings is 1. The van der Waals surface area contributed by atoms with E-state index < -0.39 is 17.9 Å². The van der Waals surface area contributed by atoms with Crippen LogP contribution in [0.3, 0.4) is 0 Å². The van der Waals surface area contributed by atoms with Crippen molar-refractivity contribution in [1.82, 2.24) is 25.5 Å². The fourth-order valence-electron chi connectivity index (χ4n) is 1.43. The first-order valence-electron chi connectivity index (χ1n) is 5.17. The second-order valence-corrected chi connectivity index (χ2v) is 3.62. The molecule has 8 heteroatoms. The van der Waals surface area contributed by atoms with Gasteiger partial charge < -0.3 is 15.4 Å². The molecule has 0 saturated carbocycles. The molecule has 0 aliphatic carbocycles. The largest absolute Gasteiger partial charge is 0.480 e. The Morgan fingerprint density at radius 1 is 1.50 bits per heavy atom. The lowest BCUT2D eigenvalue weighted by Crippen LogP contribution is -2.42. The summed E-state index contributed by atoms with van der Waals surface area (Å²) in [7, 11) is 0. The van der Waals surface area contributed by atoms with Gasteiger partial charge in [0, 0.05) is 24.5 Å². The maximum atomic E-state index is 11.7. The first-order chi connectivity index (χ1) is 8.66. The van der Waals surface area contributed by atoms with E-state index in [9.17, 15) is 9.59 Å². The van der Waals surface area contributed by atoms with Crippen LogP contribution in [-0.2, 0) is 11.2 Å². The quantitative estimate of drug-likeness (QED) is 0.571. The zero-order valence-corrected chi connectivity index (χ0v) is 9.25. The zero-order valence-electron chi connectivity index (χ0n) is 9.25. The van der Waals surface area contributed by atoms with E-state index in [1.165, 1.54) is 24.8 Å². The first-order valence-corrected chi connectivity index (χ1v) is 5.17. The average molecular weight is 249 g/mol. The molecular weight excluding hydrogens is 238 g/mol. The number of carboxylic acids is 1. The topological polar surface area (TPSA) is 124 Å². The number of aromatic nitrogens is 4. The third-order valence-electron chi connectivity index (χ3n) is 2.33. The standard InChI is InChI=1S/C10H11N5O3/c16-9(7-1-2-13-15-7)14-8(10(17)18)3-6-4-11-5-12-6/h1-2,4-5,8H,3H2,(H,11,12)(H,13,15)(H,14,16)(H,17,18)/t8-/m1/s1. The number of aromatic amines is 2. The highest BCUT2D eigenvalue weighted by molar-refractivity contribution is 5.94. The Kier molecular flexibility index (Phi) is 3.37. The van der Waals surface area contributed by atoms with E-state index in [0.29, 0.717) is 5.69 Å². The van der Waals surface area contributed by atoms with Crippen LogP contribution in [-0.4, -0.2) is 43.2 Å². The third kappa shape index (κ3) is 2.73. The lowest BCUT2D eigenvalue weighted by Gasteiger charge is -2.12. The van der Waals surface area contributed by atoms with Gasteiger partial charge in [-0.3, -0.25) is 9.89 Å². The number of amides is 1. The van der Waals surface area contributed by atoms with Crippen LogP contribution >= 0.6 is 0 Å². The van der Waals surface area contributed by atoms with Crippen LogP contribution in [0.15, 0.2) is 24.8 Å². The van der Waals surface area contributed by atoms with Crippen LogP contribution in [0.1, 0.15) is 16.2 Å². The van der Waals surface area contributed by atoms with Crippen molar-refractivity contribution in [3.63, 3.8) is 0 Å². The van der Waals surface area contributed by atoms with Crippen molar-refractivity contribution >= 4 is 11.9 Å². The Balaban J connectivity index is 2.03. The molecule has 0 aliphatic heterocycles. The molecule has 0 aromatic carbocycles. The molecule has 1 atom stereocenters. The van der Waals surface area contributed by atoms with Gasteiger partial charge in [0.1, 0.15) is 11.7 Å². The van der Waals surface area contributed by atoms with E-state index in [1.807, 2.05) is 0 Å². The first kappa shape index (κ1) is 11.8. The Morgan fingerprint density at radius 3 is 2.89 bits per heavy atom. The Bertz CT molecular complexity index is 520. The minimum atomic E-state index is -1.11. The van der Waals surface area contributed by atoms with Crippen LogP contribution in [0, 0.1) is 0 Å². The van der Waals surface area contributed by atoms with Crippen LogP contribution < -0.4 is 5.32 Å². The molecule has 0 unspecified atom stereocenters. The summed E-state index contributed by atoms with van der Waals surface area (Å²) >= 11 is 0. The van der Waals surface area contributed by atoms with Gasteiger partial charge in [0.2, 0.25) is 0 Å². The summed E-state index contributed by atoms with van der Waals surface area (Å²) in [4.78, 5) is 29.3. The van der Waals surface area contributed by atoms with Crippen molar-refractivity contribution in [1.29, 1.82) is 0 Å². The van der Waals surface area contributed by atoms with Crippen molar-refractivity contribution in [3.05, 3.63) is 36.2 Å². The van der Waals surface area contributed by atoms with E-state index in [4.69, 9.17) is 5.11 Å². The summed E-state index contributed by atoms with van der Waals surface area (Å²) in [6, 6.07) is 0.436. The normalized spacial score (nSPS) is 12.0. The molecule has 2 heterocycles. The summed E-state index contributed by atoms with van der Waals surface area (Å²) in [5.41, 5.74) is 0.846. The van der Waals surface area contributed by atoms with Crippen molar-refractivity contribution in [2.45, 2.75) is 12.5 Å². The number of nitrogens with zero attached hydrogens (tertiary/aromatic N) is 2. The number of carbonyl (C=O) groups excluding carboxylic acids is 1. The number of nitrogens with one attached hydrogen (secondary N) is 3. The zero-order chi connectivity index (χ0) is 13.0. The molecule has 0 fully saturated rings. The van der Waals surface area contributed by atoms with Crippen molar-refractivity contribution in [2.75, 3.05) is 0 Å². The van der Waals surface area contributed by atoms with Crippen LogP contribution in [0.25, 0.3) is 0 Å². The fraction of sp³-hybridized carbons (Fsp3) is 0.200. The molecule has 8 nitrogen and oxygen atoms in total. The van der Waals surface area contributed by atoms with Crippen LogP contribution in [0.5, 0.6) is 0 Å². The lowest BCUT2D eigenvalue weighted by molar-refractivity contribution is -0.139. The average Bonchev–Trinajstić information content (AvgIpc) is 3.00. The number of carboxylic acid groups (broad SMARTS) is 1. The number of hydrogen-bond donors (Lipinski definition) is 4. The summed E-state index contributed by atoms with van der Waals surface area (Å²) < 4.78 is 0. The van der Waals surface area contributed by atoms with E-state index >= 15 is 0 Å². The molecule has 0 spiro atoms. The molecule has 0 saturated heterocycles. The summed E-state index contributed by atoms with van der Waals surface area (Å²) in [6.45, 7) is 0. The molecule has 2 aromatic rings. The molecule has 0 bridgehead atoms. The van der Waals surface area contributed by atoms with E-state index in [-0.39, 0.29) is 12.1 Å². The van der Waals surface area contributed by atoms with Gasteiger partial charge in [0.05, 0.1) is 6.33 Å². The molecule has 94 valence electrons. The van der Waals surface area contributed by atoms with Crippen molar-refractivity contribution in [2.24, 2.45) is 0 Å². The highest BCUT2D eigenvalue weighted by atomic mass is 16.4. The smallest absolute Gasteiger partial charge is 0.326 e. The molecule has 0 radical (unpaired) electrons. The van der Waals surface area contributed by atoms with E-state index in [2.05, 4.69) is 25.5 Å².